The van der Waals surface area contributed by atoms with Crippen molar-refractivity contribution in [3.8, 4) is 0 Å². The molecule has 7 heteroatoms. The summed E-state index contributed by atoms with van der Waals surface area (Å²) >= 11 is 0. The Morgan fingerprint density at radius 1 is 1.53 bits per heavy atom. The van der Waals surface area contributed by atoms with Gasteiger partial charge in [-0.3, -0.25) is 4.68 Å². The Morgan fingerprint density at radius 3 is 2.76 bits per heavy atom. The minimum Gasteiger partial charge on any atom is -0.370 e. The predicted octanol–water partition coefficient (Wildman–Crippen LogP) is 1.74. The quantitative estimate of drug-likeness (QED) is 0.837. The molecule has 98 valence electrons. The lowest BCUT2D eigenvalue weighted by Crippen LogP contribution is -2.27. The molecule has 4 nitrogen and oxygen atoms in total. The van der Waals surface area contributed by atoms with Crippen LogP contribution in [0, 0.1) is 0 Å². The van der Waals surface area contributed by atoms with Crippen LogP contribution < -0.4 is 5.32 Å². The summed E-state index contributed by atoms with van der Waals surface area (Å²) in [6.45, 7) is 1.31. The third-order valence-corrected chi connectivity index (χ3v) is 2.30. The van der Waals surface area contributed by atoms with E-state index in [1.165, 1.54) is 0 Å². The summed E-state index contributed by atoms with van der Waals surface area (Å²) in [6, 6.07) is 1.47. The molecule has 1 unspecified atom stereocenters. The van der Waals surface area contributed by atoms with E-state index in [0.29, 0.717) is 6.54 Å². The molecule has 0 amide bonds. The Morgan fingerprint density at radius 2 is 2.24 bits per heavy atom. The van der Waals surface area contributed by atoms with Crippen LogP contribution in [0.25, 0.3) is 0 Å². The second-order valence-corrected chi connectivity index (χ2v) is 3.54. The van der Waals surface area contributed by atoms with E-state index in [1.807, 2.05) is 6.92 Å². The predicted molar refractivity (Wildman–Crippen MR) is 56.6 cm³/mol. The largest absolute Gasteiger partial charge is 0.411 e. The molecule has 1 aromatic rings. The van der Waals surface area contributed by atoms with Crippen molar-refractivity contribution in [1.82, 2.24) is 15.1 Å². The maximum Gasteiger partial charge on any atom is 0.411 e. The molecule has 0 fully saturated rings. The summed E-state index contributed by atoms with van der Waals surface area (Å²) in [4.78, 5) is 0. The first-order chi connectivity index (χ1) is 7.98. The number of ether oxygens (including phenoxy) is 1. The van der Waals surface area contributed by atoms with E-state index in [1.54, 1.807) is 24.0 Å². The van der Waals surface area contributed by atoms with E-state index in [4.69, 9.17) is 0 Å². The Labute approximate surface area is 97.8 Å². The molecule has 1 heterocycles. The van der Waals surface area contributed by atoms with Gasteiger partial charge in [0, 0.05) is 12.7 Å². The lowest BCUT2D eigenvalue weighted by molar-refractivity contribution is -0.175. The van der Waals surface area contributed by atoms with Crippen molar-refractivity contribution in [1.29, 1.82) is 0 Å². The molecular formula is C10H16F3N3O. The van der Waals surface area contributed by atoms with Crippen molar-refractivity contribution in [3.05, 3.63) is 18.0 Å². The number of aromatic nitrogens is 2. The molecule has 1 rings (SSSR count). The Balaban J connectivity index is 2.54. The van der Waals surface area contributed by atoms with Crippen LogP contribution in [-0.2, 0) is 11.3 Å². The van der Waals surface area contributed by atoms with Gasteiger partial charge >= 0.3 is 6.18 Å². The van der Waals surface area contributed by atoms with Gasteiger partial charge in [0.15, 0.2) is 0 Å². The van der Waals surface area contributed by atoms with Crippen molar-refractivity contribution in [2.75, 3.05) is 20.3 Å². The summed E-state index contributed by atoms with van der Waals surface area (Å²) in [5.74, 6) is 0. The fraction of sp³-hybridized carbons (Fsp3) is 0.700. The van der Waals surface area contributed by atoms with E-state index in [2.05, 4.69) is 15.2 Å². The van der Waals surface area contributed by atoms with Gasteiger partial charge in [0.05, 0.1) is 18.3 Å². The molecule has 0 aliphatic carbocycles. The summed E-state index contributed by atoms with van der Waals surface area (Å²) in [5.41, 5.74) is 0.817. The molecule has 0 aliphatic rings. The second-order valence-electron chi connectivity index (χ2n) is 3.54. The van der Waals surface area contributed by atoms with Gasteiger partial charge in [-0.1, -0.05) is 0 Å². The number of nitrogens with one attached hydrogen (secondary N) is 1. The molecule has 0 spiro atoms. The minimum absolute atomic E-state index is 0.0400. The maximum absolute atomic E-state index is 11.9. The third kappa shape index (κ3) is 4.35. The number of nitrogens with zero attached hydrogens (tertiary/aromatic N) is 2. The highest BCUT2D eigenvalue weighted by atomic mass is 19.4. The number of likely N-dealkylation sites (N-methyl/N-ethyl adjacent to an activating group) is 1. The third-order valence-electron chi connectivity index (χ3n) is 2.30. The van der Waals surface area contributed by atoms with Crippen molar-refractivity contribution < 1.29 is 17.9 Å². The topological polar surface area (TPSA) is 39.1 Å². The second kappa shape index (κ2) is 6.02. The fourth-order valence-electron chi connectivity index (χ4n) is 1.51. The molecule has 0 radical (unpaired) electrons. The minimum atomic E-state index is -4.29. The zero-order valence-electron chi connectivity index (χ0n) is 9.79. The van der Waals surface area contributed by atoms with Crippen molar-refractivity contribution >= 4 is 0 Å². The van der Waals surface area contributed by atoms with E-state index < -0.39 is 12.8 Å². The lowest BCUT2D eigenvalue weighted by Gasteiger charge is -2.18. The monoisotopic (exact) mass is 251 g/mol. The SMILES string of the molecule is CCn1nccc1C(COCC(F)(F)F)NC. The van der Waals surface area contributed by atoms with Crippen LogP contribution in [-0.4, -0.2) is 36.2 Å². The summed E-state index contributed by atoms with van der Waals surface area (Å²) in [7, 11) is 1.68. The summed E-state index contributed by atoms with van der Waals surface area (Å²) < 4.78 is 42.2. The first-order valence-electron chi connectivity index (χ1n) is 5.31. The molecule has 0 aromatic carbocycles. The van der Waals surface area contributed by atoms with Crippen molar-refractivity contribution in [2.24, 2.45) is 0 Å². The average molecular weight is 251 g/mol. The molecule has 0 aliphatic heterocycles. The number of hydrogen-bond acceptors (Lipinski definition) is 3. The first-order valence-corrected chi connectivity index (χ1v) is 5.31. The normalized spacial score (nSPS) is 13.9. The van der Waals surface area contributed by atoms with Gasteiger partial charge in [-0.2, -0.15) is 18.3 Å². The molecule has 1 N–H and O–H groups in total. The molecule has 0 saturated carbocycles. The van der Waals surface area contributed by atoms with E-state index >= 15 is 0 Å². The standard InChI is InChI=1S/C10H16F3N3O/c1-3-16-9(4-5-15-16)8(14-2)6-17-7-10(11,12)13/h4-5,8,14H,3,6-7H2,1-2H3. The average Bonchev–Trinajstić information content (AvgIpc) is 2.70. The van der Waals surface area contributed by atoms with Gasteiger partial charge in [-0.05, 0) is 20.0 Å². The van der Waals surface area contributed by atoms with Gasteiger partial charge in [0.1, 0.15) is 6.61 Å². The summed E-state index contributed by atoms with van der Waals surface area (Å²) in [5, 5.41) is 6.97. The molecule has 17 heavy (non-hydrogen) atoms. The number of rotatable bonds is 6. The van der Waals surface area contributed by atoms with Crippen LogP contribution in [0.5, 0.6) is 0 Å². The number of aryl methyl sites for hydroxylation is 1. The Hall–Kier alpha value is -1.08. The van der Waals surface area contributed by atoms with E-state index in [-0.39, 0.29) is 12.6 Å². The van der Waals surface area contributed by atoms with Crippen LogP contribution in [0.2, 0.25) is 0 Å². The summed E-state index contributed by atoms with van der Waals surface area (Å²) in [6.07, 6.45) is -2.67. The number of halogens is 3. The molecule has 0 bridgehead atoms. The van der Waals surface area contributed by atoms with Crippen LogP contribution in [0.1, 0.15) is 18.7 Å². The highest BCUT2D eigenvalue weighted by Gasteiger charge is 2.28. The van der Waals surface area contributed by atoms with E-state index in [0.717, 1.165) is 5.69 Å². The van der Waals surface area contributed by atoms with Gasteiger partial charge in [-0.25, -0.2) is 0 Å². The van der Waals surface area contributed by atoms with Gasteiger partial charge in [0.25, 0.3) is 0 Å². The van der Waals surface area contributed by atoms with Crippen LogP contribution in [0.4, 0.5) is 13.2 Å². The van der Waals surface area contributed by atoms with Crippen LogP contribution in [0.15, 0.2) is 12.3 Å². The van der Waals surface area contributed by atoms with Gasteiger partial charge in [-0.15, -0.1) is 0 Å². The smallest absolute Gasteiger partial charge is 0.370 e. The maximum atomic E-state index is 11.9. The first kappa shape index (κ1) is 14.0. The van der Waals surface area contributed by atoms with Crippen molar-refractivity contribution in [3.63, 3.8) is 0 Å². The van der Waals surface area contributed by atoms with E-state index in [9.17, 15) is 13.2 Å². The van der Waals surface area contributed by atoms with Crippen molar-refractivity contribution in [2.45, 2.75) is 25.7 Å². The zero-order valence-corrected chi connectivity index (χ0v) is 9.79. The highest BCUT2D eigenvalue weighted by Crippen LogP contribution is 2.17. The molecule has 0 saturated heterocycles. The van der Waals surface area contributed by atoms with Gasteiger partial charge < -0.3 is 10.1 Å². The highest BCUT2D eigenvalue weighted by molar-refractivity contribution is 5.06. The van der Waals surface area contributed by atoms with Gasteiger partial charge in [0.2, 0.25) is 0 Å². The molecule has 1 aromatic heterocycles. The van der Waals surface area contributed by atoms with Crippen LogP contribution in [0.3, 0.4) is 0 Å². The Kier molecular flexibility index (Phi) is 4.95. The lowest BCUT2D eigenvalue weighted by atomic mass is 10.2. The number of hydrogen-bond donors (Lipinski definition) is 1. The molecule has 1 atom stereocenters. The Bertz CT molecular complexity index is 338. The number of alkyl halides is 3. The van der Waals surface area contributed by atoms with Crippen LogP contribution >= 0.6 is 0 Å². The fourth-order valence-corrected chi connectivity index (χ4v) is 1.51. The molecular weight excluding hydrogens is 235 g/mol. The zero-order chi connectivity index (χ0) is 12.9.